The van der Waals surface area contributed by atoms with Crippen molar-refractivity contribution in [3.8, 4) is 22.9 Å². The van der Waals surface area contributed by atoms with Crippen LogP contribution >= 0.6 is 0 Å². The van der Waals surface area contributed by atoms with Gasteiger partial charge in [-0.1, -0.05) is 30.3 Å². The zero-order valence-electron chi connectivity index (χ0n) is 23.0. The number of primary amides is 1. The number of likely N-dealkylation sites (N-methyl/N-ethyl adjacent to an activating group) is 1. The number of likely N-dealkylation sites (tertiary alicyclic amines) is 1. The summed E-state index contributed by atoms with van der Waals surface area (Å²) in [5.74, 6) is 0.162. The van der Waals surface area contributed by atoms with Crippen molar-refractivity contribution < 1.29 is 19.0 Å². The monoisotopic (exact) mass is 556 g/mol. The van der Waals surface area contributed by atoms with Crippen LogP contribution < -0.4 is 15.4 Å². The molecule has 3 N–H and O–H groups in total. The van der Waals surface area contributed by atoms with Crippen molar-refractivity contribution in [2.45, 2.75) is 43.8 Å². The van der Waals surface area contributed by atoms with Crippen LogP contribution in [-0.2, 0) is 0 Å². The van der Waals surface area contributed by atoms with Gasteiger partial charge in [-0.05, 0) is 73.8 Å². The molecule has 3 aliphatic rings. The Bertz CT molecular complexity index is 1650. The highest BCUT2D eigenvalue weighted by molar-refractivity contribution is 6.01. The van der Waals surface area contributed by atoms with Crippen molar-refractivity contribution in [1.82, 2.24) is 19.8 Å². The predicted molar refractivity (Wildman–Crippen MR) is 156 cm³/mol. The van der Waals surface area contributed by atoms with E-state index in [-0.39, 0.29) is 35.4 Å². The average molecular weight is 557 g/mol. The third kappa shape index (κ3) is 4.46. The maximum absolute atomic E-state index is 16.6. The van der Waals surface area contributed by atoms with Crippen molar-refractivity contribution >= 4 is 33.5 Å². The molecule has 3 aromatic carbocycles. The molecule has 2 bridgehead atoms. The lowest BCUT2D eigenvalue weighted by Crippen LogP contribution is -2.57. The van der Waals surface area contributed by atoms with Gasteiger partial charge in [-0.2, -0.15) is 9.97 Å². The number of aromatic nitrogens is 2. The van der Waals surface area contributed by atoms with E-state index in [2.05, 4.69) is 21.8 Å². The van der Waals surface area contributed by atoms with Crippen LogP contribution in [-0.4, -0.2) is 82.3 Å². The van der Waals surface area contributed by atoms with Gasteiger partial charge in [0.15, 0.2) is 5.82 Å². The van der Waals surface area contributed by atoms with Gasteiger partial charge < -0.3 is 30.3 Å². The van der Waals surface area contributed by atoms with Gasteiger partial charge in [-0.3, -0.25) is 0 Å². The fourth-order valence-electron chi connectivity index (χ4n) is 6.95. The minimum Gasteiger partial charge on any atom is -0.508 e. The number of urea groups is 1. The van der Waals surface area contributed by atoms with Crippen molar-refractivity contribution in [1.29, 1.82) is 0 Å². The van der Waals surface area contributed by atoms with Crippen LogP contribution in [0.15, 0.2) is 48.5 Å². The van der Waals surface area contributed by atoms with Crippen molar-refractivity contribution in [2.24, 2.45) is 5.73 Å². The number of nitrogens with zero attached hydrogens (tertiary/aromatic N) is 5. The molecule has 4 aromatic rings. The minimum absolute atomic E-state index is 0.0180. The molecule has 4 heterocycles. The van der Waals surface area contributed by atoms with E-state index in [1.54, 1.807) is 23.1 Å². The first-order chi connectivity index (χ1) is 19.9. The second kappa shape index (κ2) is 10.0. The number of ether oxygens (including phenoxy) is 1. The number of halogens is 1. The second-order valence-corrected chi connectivity index (χ2v) is 11.5. The number of rotatable bonds is 5. The van der Waals surface area contributed by atoms with E-state index in [9.17, 15) is 9.90 Å². The summed E-state index contributed by atoms with van der Waals surface area (Å²) in [5.41, 5.74) is 6.79. The molecule has 0 saturated carbocycles. The first-order valence-corrected chi connectivity index (χ1v) is 14.3. The van der Waals surface area contributed by atoms with Crippen LogP contribution in [0.5, 0.6) is 11.8 Å². The van der Waals surface area contributed by atoms with Gasteiger partial charge in [-0.25, -0.2) is 9.18 Å². The number of fused-ring (bicyclic) bond motifs is 4. The Hall–Kier alpha value is -4.18. The number of carbonyl (C=O) groups excluding carboxylic acids is 1. The molecule has 0 radical (unpaired) electrons. The fraction of sp³-hybridized carbons (Fsp3) is 0.387. The molecule has 0 spiro atoms. The van der Waals surface area contributed by atoms with E-state index >= 15 is 4.39 Å². The Morgan fingerprint density at radius 1 is 1.05 bits per heavy atom. The second-order valence-electron chi connectivity index (χ2n) is 11.5. The molecule has 3 aliphatic heterocycles. The molecular weight excluding hydrogens is 523 g/mol. The lowest BCUT2D eigenvalue weighted by atomic mass is 9.96. The molecule has 7 rings (SSSR count). The van der Waals surface area contributed by atoms with E-state index < -0.39 is 11.8 Å². The molecule has 2 amide bonds. The Labute approximate surface area is 237 Å². The molecule has 10 heteroatoms. The van der Waals surface area contributed by atoms with Gasteiger partial charge in [0.2, 0.25) is 0 Å². The quantitative estimate of drug-likeness (QED) is 0.373. The number of phenols is 1. The Morgan fingerprint density at radius 2 is 1.83 bits per heavy atom. The predicted octanol–water partition coefficient (Wildman–Crippen LogP) is 4.50. The number of piperazine rings is 1. The molecule has 9 nitrogen and oxygen atoms in total. The Kier molecular flexibility index (Phi) is 6.30. The summed E-state index contributed by atoms with van der Waals surface area (Å²) in [6.07, 6.45) is 3.87. The fourth-order valence-corrected chi connectivity index (χ4v) is 6.95. The SMILES string of the molecule is CN1CCC[C@H]1COc1nc(N2CC3CCC(C2)N3C(N)=O)c2ccc(-c3cc(O)cc4ccccc34)c(F)c2n1. The number of carbonyl (C=O) groups is 1. The molecule has 1 aromatic heterocycles. The number of amides is 2. The summed E-state index contributed by atoms with van der Waals surface area (Å²) in [5, 5.41) is 12.7. The number of nitrogens with two attached hydrogens (primary N) is 1. The number of hydrogen-bond donors (Lipinski definition) is 2. The Balaban J connectivity index is 1.34. The van der Waals surface area contributed by atoms with Crippen molar-refractivity contribution in [3.63, 3.8) is 0 Å². The smallest absolute Gasteiger partial charge is 0.319 e. The number of aromatic hydroxyl groups is 1. The normalized spacial score (nSPS) is 22.6. The van der Waals surface area contributed by atoms with Gasteiger partial charge in [-0.15, -0.1) is 0 Å². The largest absolute Gasteiger partial charge is 0.508 e. The molecule has 3 fully saturated rings. The van der Waals surface area contributed by atoms with E-state index in [1.165, 1.54) is 0 Å². The Morgan fingerprint density at radius 3 is 2.56 bits per heavy atom. The van der Waals surface area contributed by atoms with Crippen molar-refractivity contribution in [2.75, 3.05) is 38.2 Å². The highest BCUT2D eigenvalue weighted by atomic mass is 19.1. The summed E-state index contributed by atoms with van der Waals surface area (Å²) in [6, 6.07) is 14.4. The van der Waals surface area contributed by atoms with E-state index in [0.29, 0.717) is 42.0 Å². The van der Waals surface area contributed by atoms with Gasteiger partial charge in [0, 0.05) is 30.1 Å². The van der Waals surface area contributed by atoms with Crippen LogP contribution in [0.2, 0.25) is 0 Å². The van der Waals surface area contributed by atoms with Gasteiger partial charge >= 0.3 is 12.0 Å². The standard InChI is InChI=1S/C31H33FN6O3/c1-36-12-4-6-21(36)17-41-31-34-28-25(29(35-31)37-15-19-8-9-20(16-37)38(19)30(33)40)11-10-24(27(28)32)26-14-22(39)13-18-5-2-3-7-23(18)26/h2-3,5,7,10-11,13-14,19-21,39H,4,6,8-9,12,15-17H2,1H3,(H2,33,40)/t19?,20?,21-/m0/s1. The van der Waals surface area contributed by atoms with E-state index in [4.69, 9.17) is 15.5 Å². The zero-order chi connectivity index (χ0) is 28.2. The third-order valence-electron chi connectivity index (χ3n) is 9.02. The number of phenolic OH excluding ortho intramolecular Hbond substituents is 1. The summed E-state index contributed by atoms with van der Waals surface area (Å²) in [7, 11) is 2.08. The molecule has 3 saturated heterocycles. The topological polar surface area (TPSA) is 108 Å². The highest BCUT2D eigenvalue weighted by Gasteiger charge is 2.42. The van der Waals surface area contributed by atoms with Crippen LogP contribution in [0.25, 0.3) is 32.8 Å². The molecule has 41 heavy (non-hydrogen) atoms. The lowest BCUT2D eigenvalue weighted by Gasteiger charge is -2.41. The first-order valence-electron chi connectivity index (χ1n) is 14.3. The minimum atomic E-state index is -0.497. The number of hydrogen-bond acceptors (Lipinski definition) is 7. The highest BCUT2D eigenvalue weighted by Crippen LogP contribution is 2.40. The number of anilines is 1. The molecule has 212 valence electrons. The van der Waals surface area contributed by atoms with E-state index in [1.807, 2.05) is 30.3 Å². The molecular formula is C31H33FN6O3. The van der Waals surface area contributed by atoms with Crippen LogP contribution in [0.3, 0.4) is 0 Å². The van der Waals surface area contributed by atoms with Crippen LogP contribution in [0, 0.1) is 5.82 Å². The first kappa shape index (κ1) is 25.8. The zero-order valence-corrected chi connectivity index (χ0v) is 23.0. The maximum Gasteiger partial charge on any atom is 0.319 e. The number of benzene rings is 3. The van der Waals surface area contributed by atoms with Gasteiger partial charge in [0.05, 0.1) is 12.1 Å². The third-order valence-corrected chi connectivity index (χ3v) is 9.02. The van der Waals surface area contributed by atoms with Crippen LogP contribution in [0.4, 0.5) is 15.0 Å². The average Bonchev–Trinajstić information content (AvgIpc) is 3.50. The summed E-state index contributed by atoms with van der Waals surface area (Å²) >= 11 is 0. The summed E-state index contributed by atoms with van der Waals surface area (Å²) in [4.78, 5) is 27.7. The molecule has 0 aliphatic carbocycles. The maximum atomic E-state index is 16.6. The van der Waals surface area contributed by atoms with Crippen LogP contribution in [0.1, 0.15) is 25.7 Å². The summed E-state index contributed by atoms with van der Waals surface area (Å²) in [6.45, 7) is 2.54. The molecule has 2 unspecified atom stereocenters. The molecule has 3 atom stereocenters. The van der Waals surface area contributed by atoms with Crippen molar-refractivity contribution in [3.05, 3.63) is 54.3 Å². The van der Waals surface area contributed by atoms with E-state index in [0.717, 1.165) is 43.0 Å². The van der Waals surface area contributed by atoms with Gasteiger partial charge in [0.1, 0.15) is 23.7 Å². The van der Waals surface area contributed by atoms with Gasteiger partial charge in [0.25, 0.3) is 0 Å². The lowest BCUT2D eigenvalue weighted by molar-refractivity contribution is 0.171. The summed E-state index contributed by atoms with van der Waals surface area (Å²) < 4.78 is 22.7.